The van der Waals surface area contributed by atoms with Crippen molar-refractivity contribution in [2.75, 3.05) is 14.2 Å². The third kappa shape index (κ3) is 3.79. The summed E-state index contributed by atoms with van der Waals surface area (Å²) in [6, 6.07) is 11.6. The summed E-state index contributed by atoms with van der Waals surface area (Å²) in [5.41, 5.74) is 3.82. The molecule has 0 saturated heterocycles. The second kappa shape index (κ2) is 7.31. The molecule has 2 N–H and O–H groups in total. The molecule has 0 saturated carbocycles. The zero-order valence-corrected chi connectivity index (χ0v) is 13.2. The first-order chi connectivity index (χ1) is 11.1. The van der Waals surface area contributed by atoms with Crippen molar-refractivity contribution >= 4 is 11.6 Å². The molecule has 0 aliphatic rings. The van der Waals surface area contributed by atoms with E-state index in [-0.39, 0.29) is 11.3 Å². The fourth-order valence-corrected chi connectivity index (χ4v) is 2.02. The predicted molar refractivity (Wildman–Crippen MR) is 87.3 cm³/mol. The maximum atomic E-state index is 12.0. The number of carbonyl (C=O) groups excluding carboxylic acids is 1. The number of rotatable bonds is 5. The molecule has 0 aromatic heterocycles. The van der Waals surface area contributed by atoms with Crippen LogP contribution in [0.15, 0.2) is 47.6 Å². The van der Waals surface area contributed by atoms with Gasteiger partial charge in [0.05, 0.1) is 25.5 Å². The molecule has 0 aliphatic heterocycles. The number of ether oxygens (including phenoxy) is 2. The normalized spacial score (nSPS) is 11.0. The monoisotopic (exact) mass is 314 g/mol. The van der Waals surface area contributed by atoms with Crippen LogP contribution in [-0.2, 0) is 0 Å². The molecule has 0 aliphatic carbocycles. The van der Waals surface area contributed by atoms with E-state index in [0.717, 1.165) is 0 Å². The fourth-order valence-electron chi connectivity index (χ4n) is 2.02. The lowest BCUT2D eigenvalue weighted by Crippen LogP contribution is -2.19. The van der Waals surface area contributed by atoms with Gasteiger partial charge in [0.15, 0.2) is 0 Å². The standard InChI is InChI=1S/C17H18N2O4/c1-11(14-10-12(22-2)8-9-16(14)23-3)18-19-17(21)13-6-4-5-7-15(13)20/h4-10,20H,1-3H3,(H,19,21)/b18-11-. The summed E-state index contributed by atoms with van der Waals surface area (Å²) in [6.07, 6.45) is 0. The van der Waals surface area contributed by atoms with Gasteiger partial charge in [-0.05, 0) is 37.3 Å². The molecule has 1 amide bonds. The van der Waals surface area contributed by atoms with Crippen LogP contribution in [0.5, 0.6) is 17.2 Å². The highest BCUT2D eigenvalue weighted by molar-refractivity contribution is 6.03. The summed E-state index contributed by atoms with van der Waals surface area (Å²) in [6.45, 7) is 1.74. The van der Waals surface area contributed by atoms with E-state index >= 15 is 0 Å². The molecule has 2 aromatic rings. The first kappa shape index (κ1) is 16.4. The zero-order chi connectivity index (χ0) is 16.8. The third-order valence-electron chi connectivity index (χ3n) is 3.27. The molecule has 0 fully saturated rings. The van der Waals surface area contributed by atoms with Crippen molar-refractivity contribution in [3.8, 4) is 17.2 Å². The van der Waals surface area contributed by atoms with Crippen LogP contribution in [0.1, 0.15) is 22.8 Å². The van der Waals surface area contributed by atoms with Crippen molar-refractivity contribution in [1.82, 2.24) is 5.43 Å². The molecular weight excluding hydrogens is 296 g/mol. The van der Waals surface area contributed by atoms with E-state index in [1.165, 1.54) is 12.1 Å². The SMILES string of the molecule is COc1ccc(OC)c(/C(C)=N\NC(=O)c2ccccc2O)c1. The van der Waals surface area contributed by atoms with Crippen LogP contribution in [0.4, 0.5) is 0 Å². The van der Waals surface area contributed by atoms with Gasteiger partial charge >= 0.3 is 0 Å². The van der Waals surface area contributed by atoms with E-state index in [1.807, 2.05) is 0 Å². The van der Waals surface area contributed by atoms with E-state index in [4.69, 9.17) is 9.47 Å². The van der Waals surface area contributed by atoms with Crippen molar-refractivity contribution in [3.05, 3.63) is 53.6 Å². The minimum Gasteiger partial charge on any atom is -0.507 e. The van der Waals surface area contributed by atoms with Crippen LogP contribution >= 0.6 is 0 Å². The molecule has 0 bridgehead atoms. The maximum Gasteiger partial charge on any atom is 0.275 e. The minimum atomic E-state index is -0.496. The van der Waals surface area contributed by atoms with Gasteiger partial charge in [0, 0.05) is 5.56 Å². The average Bonchev–Trinajstić information content (AvgIpc) is 2.59. The number of aromatic hydroxyl groups is 1. The molecule has 0 heterocycles. The van der Waals surface area contributed by atoms with Crippen LogP contribution in [-0.4, -0.2) is 30.9 Å². The maximum absolute atomic E-state index is 12.0. The Morgan fingerprint density at radius 3 is 2.48 bits per heavy atom. The van der Waals surface area contributed by atoms with Gasteiger partial charge in [-0.15, -0.1) is 0 Å². The van der Waals surface area contributed by atoms with E-state index < -0.39 is 5.91 Å². The van der Waals surface area contributed by atoms with E-state index in [0.29, 0.717) is 22.8 Å². The van der Waals surface area contributed by atoms with Crippen LogP contribution < -0.4 is 14.9 Å². The van der Waals surface area contributed by atoms with Crippen molar-refractivity contribution in [2.24, 2.45) is 5.10 Å². The minimum absolute atomic E-state index is 0.100. The van der Waals surface area contributed by atoms with Crippen molar-refractivity contribution in [2.45, 2.75) is 6.92 Å². The lowest BCUT2D eigenvalue weighted by molar-refractivity contribution is 0.0952. The molecule has 0 radical (unpaired) electrons. The van der Waals surface area contributed by atoms with Gasteiger partial charge in [0.25, 0.3) is 5.91 Å². The summed E-state index contributed by atoms with van der Waals surface area (Å²) in [5, 5.41) is 13.7. The van der Waals surface area contributed by atoms with Crippen LogP contribution in [0.2, 0.25) is 0 Å². The number of amides is 1. The van der Waals surface area contributed by atoms with E-state index in [2.05, 4.69) is 10.5 Å². The first-order valence-corrected chi connectivity index (χ1v) is 6.92. The van der Waals surface area contributed by atoms with Crippen LogP contribution in [0.25, 0.3) is 0 Å². The number of hydrazone groups is 1. The zero-order valence-electron chi connectivity index (χ0n) is 13.2. The predicted octanol–water partition coefficient (Wildman–Crippen LogP) is 2.56. The van der Waals surface area contributed by atoms with Gasteiger partial charge in [-0.2, -0.15) is 5.10 Å². The van der Waals surface area contributed by atoms with E-state index in [1.54, 1.807) is 51.5 Å². The number of hydrogen-bond acceptors (Lipinski definition) is 5. The molecule has 6 heteroatoms. The quantitative estimate of drug-likeness (QED) is 0.656. The fraction of sp³-hybridized carbons (Fsp3) is 0.176. The molecule has 0 atom stereocenters. The highest BCUT2D eigenvalue weighted by Crippen LogP contribution is 2.24. The molecule has 2 aromatic carbocycles. The summed E-state index contributed by atoms with van der Waals surface area (Å²) in [5.74, 6) is 0.673. The average molecular weight is 314 g/mol. The Bertz CT molecular complexity index is 741. The topological polar surface area (TPSA) is 80.2 Å². The van der Waals surface area contributed by atoms with E-state index in [9.17, 15) is 9.90 Å². The Morgan fingerprint density at radius 1 is 1.09 bits per heavy atom. The summed E-state index contributed by atoms with van der Waals surface area (Å²) in [7, 11) is 3.12. The van der Waals surface area contributed by atoms with Gasteiger partial charge in [-0.25, -0.2) is 5.43 Å². The number of phenolic OH excluding ortho intramolecular Hbond substituents is 1. The van der Waals surface area contributed by atoms with Gasteiger partial charge in [-0.1, -0.05) is 12.1 Å². The second-order valence-corrected chi connectivity index (χ2v) is 4.72. The van der Waals surface area contributed by atoms with Gasteiger partial charge in [0.2, 0.25) is 0 Å². The van der Waals surface area contributed by atoms with Gasteiger partial charge in [-0.3, -0.25) is 4.79 Å². The highest BCUT2D eigenvalue weighted by atomic mass is 16.5. The number of nitrogens with zero attached hydrogens (tertiary/aromatic N) is 1. The molecule has 0 unspecified atom stereocenters. The number of benzene rings is 2. The number of methoxy groups -OCH3 is 2. The van der Waals surface area contributed by atoms with Crippen molar-refractivity contribution in [1.29, 1.82) is 0 Å². The largest absolute Gasteiger partial charge is 0.507 e. The number of para-hydroxylation sites is 1. The Kier molecular flexibility index (Phi) is 5.19. The molecule has 6 nitrogen and oxygen atoms in total. The van der Waals surface area contributed by atoms with Crippen LogP contribution in [0.3, 0.4) is 0 Å². The summed E-state index contributed by atoms with van der Waals surface area (Å²) >= 11 is 0. The molecule has 2 rings (SSSR count). The number of phenols is 1. The lowest BCUT2D eigenvalue weighted by atomic mass is 10.1. The third-order valence-corrected chi connectivity index (χ3v) is 3.27. The number of nitrogens with one attached hydrogen (secondary N) is 1. The lowest BCUT2D eigenvalue weighted by Gasteiger charge is -2.10. The second-order valence-electron chi connectivity index (χ2n) is 4.72. The smallest absolute Gasteiger partial charge is 0.275 e. The first-order valence-electron chi connectivity index (χ1n) is 6.92. The summed E-state index contributed by atoms with van der Waals surface area (Å²) < 4.78 is 10.5. The van der Waals surface area contributed by atoms with Gasteiger partial charge < -0.3 is 14.6 Å². The van der Waals surface area contributed by atoms with Crippen molar-refractivity contribution < 1.29 is 19.4 Å². The molecule has 120 valence electrons. The molecular formula is C17H18N2O4. The van der Waals surface area contributed by atoms with Crippen LogP contribution in [0, 0.1) is 0 Å². The summed E-state index contributed by atoms with van der Waals surface area (Å²) in [4.78, 5) is 12.0. The Morgan fingerprint density at radius 2 is 1.83 bits per heavy atom. The van der Waals surface area contributed by atoms with Gasteiger partial charge in [0.1, 0.15) is 17.2 Å². The number of hydrogen-bond donors (Lipinski definition) is 2. The Balaban J connectivity index is 2.23. The highest BCUT2D eigenvalue weighted by Gasteiger charge is 2.11. The molecule has 0 spiro atoms. The molecule has 23 heavy (non-hydrogen) atoms. The Hall–Kier alpha value is -3.02. The van der Waals surface area contributed by atoms with Crippen molar-refractivity contribution in [3.63, 3.8) is 0 Å². The number of carbonyl (C=O) groups is 1. The Labute approximate surface area is 134 Å².